The Morgan fingerprint density at radius 1 is 1.30 bits per heavy atom. The molecule has 1 unspecified atom stereocenters. The van der Waals surface area contributed by atoms with Crippen molar-refractivity contribution in [3.63, 3.8) is 0 Å². The van der Waals surface area contributed by atoms with E-state index < -0.39 is 0 Å². The van der Waals surface area contributed by atoms with Crippen LogP contribution in [0.15, 0.2) is 30.5 Å². The number of fused-ring (bicyclic) bond motifs is 1. The van der Waals surface area contributed by atoms with Crippen molar-refractivity contribution in [2.75, 3.05) is 19.6 Å². The highest BCUT2D eigenvalue weighted by atomic mass is 16.3. The minimum Gasteiger partial charge on any atom is -0.390 e. The maximum Gasteiger partial charge on any atom is 0.0791 e. The third-order valence-electron chi connectivity index (χ3n) is 4.71. The zero-order valence-corrected chi connectivity index (χ0v) is 14.0. The molecule has 1 aromatic heterocycles. The van der Waals surface area contributed by atoms with Crippen LogP contribution < -0.4 is 5.32 Å². The standard InChI is InChI=1S/C18H26N4O/c1-14-17(10-20-21(14)2)9-19-11-18(23)13-22-8-7-15-5-3-4-6-16(15)12-22/h3-6,10,18-19,23H,7-9,11-13H2,1-2H3. The van der Waals surface area contributed by atoms with E-state index in [0.717, 1.165) is 26.1 Å². The van der Waals surface area contributed by atoms with Gasteiger partial charge in [-0.2, -0.15) is 5.10 Å². The van der Waals surface area contributed by atoms with Crippen molar-refractivity contribution in [3.8, 4) is 0 Å². The highest BCUT2D eigenvalue weighted by molar-refractivity contribution is 5.29. The molecule has 1 atom stereocenters. The molecule has 0 bridgehead atoms. The van der Waals surface area contributed by atoms with Gasteiger partial charge in [-0.3, -0.25) is 9.58 Å². The van der Waals surface area contributed by atoms with E-state index in [1.54, 1.807) is 0 Å². The fourth-order valence-electron chi connectivity index (χ4n) is 3.16. The predicted octanol–water partition coefficient (Wildman–Crippen LogP) is 1.24. The lowest BCUT2D eigenvalue weighted by Crippen LogP contribution is -2.40. The van der Waals surface area contributed by atoms with Gasteiger partial charge in [0.15, 0.2) is 0 Å². The Balaban J connectivity index is 1.43. The average Bonchev–Trinajstić information content (AvgIpc) is 2.87. The van der Waals surface area contributed by atoms with Crippen molar-refractivity contribution in [1.29, 1.82) is 0 Å². The molecule has 1 aromatic carbocycles. The molecule has 2 N–H and O–H groups in total. The first-order valence-corrected chi connectivity index (χ1v) is 8.29. The zero-order chi connectivity index (χ0) is 16.2. The Morgan fingerprint density at radius 3 is 2.83 bits per heavy atom. The summed E-state index contributed by atoms with van der Waals surface area (Å²) in [6.45, 7) is 6.09. The van der Waals surface area contributed by atoms with Gasteiger partial charge in [-0.25, -0.2) is 0 Å². The predicted molar refractivity (Wildman–Crippen MR) is 91.1 cm³/mol. The van der Waals surface area contributed by atoms with Crippen LogP contribution in [0, 0.1) is 6.92 Å². The van der Waals surface area contributed by atoms with Crippen LogP contribution in [0.25, 0.3) is 0 Å². The van der Waals surface area contributed by atoms with E-state index in [4.69, 9.17) is 0 Å². The van der Waals surface area contributed by atoms with Gasteiger partial charge >= 0.3 is 0 Å². The van der Waals surface area contributed by atoms with Gasteiger partial charge in [0.2, 0.25) is 0 Å². The van der Waals surface area contributed by atoms with Gasteiger partial charge in [0.25, 0.3) is 0 Å². The minimum atomic E-state index is -0.350. The molecule has 1 aliphatic rings. The van der Waals surface area contributed by atoms with Crippen LogP contribution in [-0.4, -0.2) is 45.5 Å². The van der Waals surface area contributed by atoms with Crippen LogP contribution in [0.4, 0.5) is 0 Å². The molecule has 0 spiro atoms. The van der Waals surface area contributed by atoms with E-state index in [1.165, 1.54) is 22.4 Å². The Kier molecular flexibility index (Phi) is 5.10. The SMILES string of the molecule is Cc1c(CNCC(O)CN2CCc3ccccc3C2)cnn1C. The van der Waals surface area contributed by atoms with Crippen LogP contribution in [-0.2, 0) is 26.6 Å². The number of rotatable bonds is 6. The third kappa shape index (κ3) is 3.99. The van der Waals surface area contributed by atoms with Crippen molar-refractivity contribution < 1.29 is 5.11 Å². The first kappa shape index (κ1) is 16.2. The molecule has 5 nitrogen and oxygen atoms in total. The lowest BCUT2D eigenvalue weighted by molar-refractivity contribution is 0.104. The summed E-state index contributed by atoms with van der Waals surface area (Å²) in [7, 11) is 1.95. The van der Waals surface area contributed by atoms with Crippen molar-refractivity contribution in [1.82, 2.24) is 20.0 Å². The monoisotopic (exact) mass is 314 g/mol. The van der Waals surface area contributed by atoms with E-state index in [-0.39, 0.29) is 6.10 Å². The summed E-state index contributed by atoms with van der Waals surface area (Å²) < 4.78 is 1.87. The number of β-amino-alcohol motifs (C(OH)–C–C–N with tert-alkyl or cyclic N) is 1. The zero-order valence-electron chi connectivity index (χ0n) is 14.0. The average molecular weight is 314 g/mol. The molecule has 0 radical (unpaired) electrons. The lowest BCUT2D eigenvalue weighted by atomic mass is 10.00. The molecule has 1 aliphatic heterocycles. The van der Waals surface area contributed by atoms with E-state index in [0.29, 0.717) is 13.1 Å². The van der Waals surface area contributed by atoms with Gasteiger partial charge in [-0.15, -0.1) is 0 Å². The summed E-state index contributed by atoms with van der Waals surface area (Å²) >= 11 is 0. The van der Waals surface area contributed by atoms with E-state index in [9.17, 15) is 5.11 Å². The van der Waals surface area contributed by atoms with Crippen LogP contribution in [0.2, 0.25) is 0 Å². The molecular formula is C18H26N4O. The molecule has 23 heavy (non-hydrogen) atoms. The molecule has 124 valence electrons. The molecule has 0 saturated carbocycles. The number of aliphatic hydroxyl groups excluding tert-OH is 1. The summed E-state index contributed by atoms with van der Waals surface area (Å²) in [5.74, 6) is 0. The highest BCUT2D eigenvalue weighted by Gasteiger charge is 2.18. The summed E-state index contributed by atoms with van der Waals surface area (Å²) in [5.41, 5.74) is 5.19. The second-order valence-electron chi connectivity index (χ2n) is 6.42. The number of hydrogen-bond donors (Lipinski definition) is 2. The van der Waals surface area contributed by atoms with Gasteiger partial charge in [-0.1, -0.05) is 24.3 Å². The number of aliphatic hydroxyl groups is 1. The summed E-state index contributed by atoms with van der Waals surface area (Å²) in [6.07, 6.45) is 2.61. The normalized spacial score (nSPS) is 16.3. The first-order chi connectivity index (χ1) is 11.1. The van der Waals surface area contributed by atoms with E-state index in [1.807, 2.05) is 17.9 Å². The van der Waals surface area contributed by atoms with Gasteiger partial charge in [0.1, 0.15) is 0 Å². The van der Waals surface area contributed by atoms with Crippen molar-refractivity contribution >= 4 is 0 Å². The smallest absolute Gasteiger partial charge is 0.0791 e. The van der Waals surface area contributed by atoms with Crippen molar-refractivity contribution in [3.05, 3.63) is 52.8 Å². The maximum absolute atomic E-state index is 10.3. The fraction of sp³-hybridized carbons (Fsp3) is 0.500. The first-order valence-electron chi connectivity index (χ1n) is 8.29. The number of nitrogens with zero attached hydrogens (tertiary/aromatic N) is 3. The Labute approximate surface area is 137 Å². The molecule has 0 amide bonds. The van der Waals surface area contributed by atoms with Crippen LogP contribution >= 0.6 is 0 Å². The number of benzene rings is 1. The molecule has 2 heterocycles. The highest BCUT2D eigenvalue weighted by Crippen LogP contribution is 2.18. The Bertz CT molecular complexity index is 652. The number of hydrogen-bond acceptors (Lipinski definition) is 4. The second-order valence-corrected chi connectivity index (χ2v) is 6.42. The molecule has 0 saturated heterocycles. The van der Waals surface area contributed by atoms with Gasteiger partial charge < -0.3 is 10.4 Å². The van der Waals surface area contributed by atoms with Gasteiger partial charge in [-0.05, 0) is 24.5 Å². The molecular weight excluding hydrogens is 288 g/mol. The molecule has 2 aromatic rings. The van der Waals surface area contributed by atoms with Gasteiger partial charge in [0, 0.05) is 51.0 Å². The van der Waals surface area contributed by atoms with Crippen LogP contribution in [0.5, 0.6) is 0 Å². The van der Waals surface area contributed by atoms with E-state index >= 15 is 0 Å². The Morgan fingerprint density at radius 2 is 2.09 bits per heavy atom. The van der Waals surface area contributed by atoms with Crippen LogP contribution in [0.1, 0.15) is 22.4 Å². The Hall–Kier alpha value is -1.69. The molecule has 3 rings (SSSR count). The molecule has 0 aliphatic carbocycles. The van der Waals surface area contributed by atoms with Crippen molar-refractivity contribution in [2.45, 2.75) is 32.5 Å². The quantitative estimate of drug-likeness (QED) is 0.842. The van der Waals surface area contributed by atoms with Gasteiger partial charge in [0.05, 0.1) is 12.3 Å². The lowest BCUT2D eigenvalue weighted by Gasteiger charge is -2.30. The summed E-state index contributed by atoms with van der Waals surface area (Å²) in [6, 6.07) is 8.60. The summed E-state index contributed by atoms with van der Waals surface area (Å²) in [4.78, 5) is 2.34. The third-order valence-corrected chi connectivity index (χ3v) is 4.71. The number of aromatic nitrogens is 2. The number of aryl methyl sites for hydroxylation is 1. The minimum absolute atomic E-state index is 0.350. The molecule has 0 fully saturated rings. The second kappa shape index (κ2) is 7.25. The maximum atomic E-state index is 10.3. The number of nitrogens with one attached hydrogen (secondary N) is 1. The topological polar surface area (TPSA) is 53.3 Å². The van der Waals surface area contributed by atoms with Crippen LogP contribution in [0.3, 0.4) is 0 Å². The summed E-state index contributed by atoms with van der Waals surface area (Å²) in [5, 5.41) is 17.8. The van der Waals surface area contributed by atoms with E-state index in [2.05, 4.69) is 46.5 Å². The largest absolute Gasteiger partial charge is 0.390 e. The fourth-order valence-corrected chi connectivity index (χ4v) is 3.16. The van der Waals surface area contributed by atoms with Crippen molar-refractivity contribution in [2.24, 2.45) is 7.05 Å². The molecule has 5 heteroatoms.